The molecule has 0 radical (unpaired) electrons. The first-order valence-electron chi connectivity index (χ1n) is 11.5. The molecule has 0 fully saturated rings. The summed E-state index contributed by atoms with van der Waals surface area (Å²) >= 11 is 15.3. The van der Waals surface area contributed by atoms with E-state index in [0.29, 0.717) is 39.6 Å². The summed E-state index contributed by atoms with van der Waals surface area (Å²) in [5.41, 5.74) is -2.19. The number of ether oxygens (including phenoxy) is 7. The molecule has 0 aromatic heterocycles. The molecule has 2 atom stereocenters. The third-order valence-electron chi connectivity index (χ3n) is 3.40. The predicted molar refractivity (Wildman–Crippen MR) is 141 cm³/mol. The number of rotatable bonds is 16. The van der Waals surface area contributed by atoms with Crippen LogP contribution in [-0.4, -0.2) is 119 Å². The van der Waals surface area contributed by atoms with Crippen molar-refractivity contribution in [2.24, 2.45) is 0 Å². The largest absolute Gasteiger partial charge is 0.509 e. The molecule has 220 valence electrons. The standard InChI is InChI=1S/C8H15ClO5.C6H15N.C5H12O3.C3H4Cl2O2/c1-7(9)14-8(10)13-6-5-12-4-3-11-2;1-4-7(5-2)6-3;1-7-4-5-8-3-2-6;1-2(4)7-3(5)6/h7H,3-6H2,1-2H3;4-6H2,1-3H3;6H,2-5H2,1H3;2H,1H3. The number of carbonyl (C=O) groups excluding carboxylic acids is 2. The second kappa shape index (κ2) is 36.5. The topological polar surface area (TPSA) is 122 Å². The lowest BCUT2D eigenvalue weighted by molar-refractivity contribution is 0.0129. The van der Waals surface area contributed by atoms with E-state index in [-0.39, 0.29) is 13.2 Å². The lowest BCUT2D eigenvalue weighted by atomic mass is 10.5. The van der Waals surface area contributed by atoms with E-state index < -0.39 is 22.7 Å². The highest BCUT2D eigenvalue weighted by molar-refractivity contribution is 6.61. The van der Waals surface area contributed by atoms with Gasteiger partial charge in [0, 0.05) is 25.8 Å². The number of aliphatic hydroxyl groups excluding tert-OH is 1. The maximum absolute atomic E-state index is 10.7. The first-order chi connectivity index (χ1) is 17.1. The van der Waals surface area contributed by atoms with Crippen molar-refractivity contribution >= 4 is 46.4 Å². The zero-order chi connectivity index (χ0) is 28.6. The predicted octanol–water partition coefficient (Wildman–Crippen LogP) is 4.32. The fourth-order valence-corrected chi connectivity index (χ4v) is 2.04. The van der Waals surface area contributed by atoms with E-state index in [2.05, 4.69) is 44.6 Å². The van der Waals surface area contributed by atoms with Crippen LogP contribution in [0.1, 0.15) is 34.6 Å². The molecule has 0 bridgehead atoms. The van der Waals surface area contributed by atoms with E-state index in [1.165, 1.54) is 33.5 Å². The molecule has 1 N–H and O–H groups in total. The van der Waals surface area contributed by atoms with Crippen molar-refractivity contribution in [1.29, 1.82) is 0 Å². The van der Waals surface area contributed by atoms with Crippen molar-refractivity contribution in [1.82, 2.24) is 4.90 Å². The van der Waals surface area contributed by atoms with Crippen LogP contribution in [0.25, 0.3) is 0 Å². The van der Waals surface area contributed by atoms with Crippen LogP contribution < -0.4 is 0 Å². The molecule has 0 heterocycles. The van der Waals surface area contributed by atoms with Crippen molar-refractivity contribution in [3.8, 4) is 0 Å². The van der Waals surface area contributed by atoms with Crippen molar-refractivity contribution in [2.75, 3.05) is 86.7 Å². The van der Waals surface area contributed by atoms with E-state index in [1.54, 1.807) is 14.2 Å². The number of hydrogen-bond donors (Lipinski definition) is 1. The maximum atomic E-state index is 10.7. The highest BCUT2D eigenvalue weighted by Gasteiger charge is 2.06. The van der Waals surface area contributed by atoms with E-state index in [9.17, 15) is 9.59 Å². The van der Waals surface area contributed by atoms with Crippen molar-refractivity contribution in [2.45, 2.75) is 45.7 Å². The Labute approximate surface area is 231 Å². The third-order valence-corrected chi connectivity index (χ3v) is 3.67. The minimum absolute atomic E-state index is 0.0870. The Morgan fingerprint density at radius 1 is 0.750 bits per heavy atom. The Morgan fingerprint density at radius 2 is 1.17 bits per heavy atom. The van der Waals surface area contributed by atoms with E-state index in [0.717, 1.165) is 0 Å². The molecule has 36 heavy (non-hydrogen) atoms. The van der Waals surface area contributed by atoms with Gasteiger partial charge in [0.15, 0.2) is 11.1 Å². The molecule has 0 aromatic carbocycles. The van der Waals surface area contributed by atoms with Gasteiger partial charge in [-0.1, -0.05) is 44.0 Å². The molecule has 0 amide bonds. The van der Waals surface area contributed by atoms with Gasteiger partial charge in [-0.25, -0.2) is 9.59 Å². The summed E-state index contributed by atoms with van der Waals surface area (Å²) in [4.78, 5) is 22.8. The second-order valence-electron chi connectivity index (χ2n) is 6.21. The van der Waals surface area contributed by atoms with Crippen LogP contribution in [0.2, 0.25) is 0 Å². The molecular formula is C22H46Cl3NO10. The minimum atomic E-state index is -0.873. The lowest BCUT2D eigenvalue weighted by Crippen LogP contribution is -2.21. The van der Waals surface area contributed by atoms with E-state index in [1.807, 2.05) is 0 Å². The lowest BCUT2D eigenvalue weighted by Gasteiger charge is -2.13. The number of methoxy groups -OCH3 is 2. The van der Waals surface area contributed by atoms with Crippen LogP contribution in [0.5, 0.6) is 0 Å². The monoisotopic (exact) mass is 589 g/mol. The zero-order valence-corrected chi connectivity index (χ0v) is 24.9. The van der Waals surface area contributed by atoms with Crippen molar-refractivity contribution in [3.05, 3.63) is 0 Å². The fraction of sp³-hybridized carbons (Fsp3) is 0.909. The van der Waals surface area contributed by atoms with Gasteiger partial charge < -0.3 is 43.2 Å². The van der Waals surface area contributed by atoms with Crippen LogP contribution in [0, 0.1) is 0 Å². The van der Waals surface area contributed by atoms with Gasteiger partial charge in [-0.2, -0.15) is 0 Å². The normalized spacial score (nSPS) is 11.4. The van der Waals surface area contributed by atoms with Crippen molar-refractivity contribution < 1.29 is 47.9 Å². The summed E-state index contributed by atoms with van der Waals surface area (Å²) in [7, 11) is 3.20. The molecule has 0 spiro atoms. The quantitative estimate of drug-likeness (QED) is 0.120. The van der Waals surface area contributed by atoms with Crippen LogP contribution in [0.4, 0.5) is 9.59 Å². The molecule has 0 rings (SSSR count). The van der Waals surface area contributed by atoms with E-state index in [4.69, 9.17) is 54.1 Å². The Bertz CT molecular complexity index is 435. The summed E-state index contributed by atoms with van der Waals surface area (Å²) in [5, 5.41) is 8.20. The average molecular weight is 591 g/mol. The first-order valence-corrected chi connectivity index (χ1v) is 12.7. The number of nitrogens with zero attached hydrogens (tertiary/aromatic N) is 1. The van der Waals surface area contributed by atoms with Gasteiger partial charge in [0.05, 0.1) is 46.2 Å². The Balaban J connectivity index is -0.000000201. The van der Waals surface area contributed by atoms with Crippen LogP contribution >= 0.6 is 34.8 Å². The Hall–Kier alpha value is -0.630. The number of hydrogen-bond acceptors (Lipinski definition) is 11. The summed E-state index contributed by atoms with van der Waals surface area (Å²) in [6.07, 6.45) is -0.789. The molecule has 0 saturated carbocycles. The van der Waals surface area contributed by atoms with Crippen LogP contribution in [0.15, 0.2) is 0 Å². The zero-order valence-electron chi connectivity index (χ0n) is 22.6. The molecule has 14 heteroatoms. The number of aliphatic hydroxyl groups is 1. The van der Waals surface area contributed by atoms with Crippen molar-refractivity contribution in [3.63, 3.8) is 0 Å². The average Bonchev–Trinajstić information content (AvgIpc) is 2.80. The van der Waals surface area contributed by atoms with Crippen LogP contribution in [-0.2, 0) is 33.2 Å². The van der Waals surface area contributed by atoms with Gasteiger partial charge in [-0.15, -0.1) is 0 Å². The summed E-state index contributed by atoms with van der Waals surface area (Å²) < 4.78 is 32.6. The molecular weight excluding hydrogens is 545 g/mol. The summed E-state index contributed by atoms with van der Waals surface area (Å²) in [5.74, 6) is 0. The molecule has 0 aliphatic carbocycles. The number of carbonyl (C=O) groups is 2. The SMILES string of the molecule is CC(Cl)OC(=O)Cl.CCN(CC)CC.COCCOCCO.COCCOCCOC(=O)OC(C)Cl. The minimum Gasteiger partial charge on any atom is -0.434 e. The summed E-state index contributed by atoms with van der Waals surface area (Å²) in [6, 6.07) is 0. The first kappa shape index (κ1) is 42.5. The smallest absolute Gasteiger partial charge is 0.434 e. The van der Waals surface area contributed by atoms with Gasteiger partial charge in [-0.3, -0.25) is 0 Å². The number of halogens is 3. The third kappa shape index (κ3) is 50.3. The van der Waals surface area contributed by atoms with Gasteiger partial charge in [0.1, 0.15) is 6.61 Å². The second-order valence-corrected chi connectivity index (χ2v) is 7.75. The van der Waals surface area contributed by atoms with Gasteiger partial charge in [-0.05, 0) is 33.5 Å². The van der Waals surface area contributed by atoms with Crippen LogP contribution in [0.3, 0.4) is 0 Å². The van der Waals surface area contributed by atoms with Gasteiger partial charge in [0.2, 0.25) is 0 Å². The molecule has 2 unspecified atom stereocenters. The Morgan fingerprint density at radius 3 is 1.44 bits per heavy atom. The van der Waals surface area contributed by atoms with E-state index >= 15 is 0 Å². The summed E-state index contributed by atoms with van der Waals surface area (Å²) in [6.45, 7) is 16.3. The molecule has 11 nitrogen and oxygen atoms in total. The molecule has 0 saturated heterocycles. The molecule has 0 aliphatic rings. The Kier molecular flexibility index (Phi) is 43.1. The maximum Gasteiger partial charge on any atom is 0.509 e. The molecule has 0 aliphatic heterocycles. The van der Waals surface area contributed by atoms with Gasteiger partial charge >= 0.3 is 11.6 Å². The number of alkyl halides is 2. The van der Waals surface area contributed by atoms with Gasteiger partial charge in [0.25, 0.3) is 0 Å². The fourth-order valence-electron chi connectivity index (χ4n) is 1.70. The highest BCUT2D eigenvalue weighted by Crippen LogP contribution is 1.99. The molecule has 0 aromatic rings. The highest BCUT2D eigenvalue weighted by atomic mass is 35.5.